The molecule has 0 atom stereocenters. The van der Waals surface area contributed by atoms with Gasteiger partial charge in [0.05, 0.1) is 0 Å². The lowest BCUT2D eigenvalue weighted by Crippen LogP contribution is -1.77. The van der Waals surface area contributed by atoms with E-state index in [-0.39, 0.29) is 0 Å². The molecule has 0 saturated heterocycles. The van der Waals surface area contributed by atoms with E-state index in [0.717, 1.165) is 0 Å². The Kier molecular flexibility index (Phi) is 9.81. The average Bonchev–Trinajstić information content (AvgIpc) is 2.39. The number of aromatic nitrogens is 2. The minimum atomic E-state index is -3.67. The van der Waals surface area contributed by atoms with Gasteiger partial charge < -0.3 is 0 Å². The van der Waals surface area contributed by atoms with Crippen molar-refractivity contribution in [2.24, 2.45) is 0 Å². The number of pyridine rings is 2. The monoisotopic (exact) mass is 292 g/mol. The molecular weight excluding hydrogens is 284 g/mol. The molecule has 2 rings (SSSR count). The highest BCUT2D eigenvalue weighted by Crippen LogP contribution is 2.15. The van der Waals surface area contributed by atoms with Crippen molar-refractivity contribution in [1.82, 2.24) is 9.97 Å². The minimum Gasteiger partial charge on any atom is -0.265 e. The van der Waals surface area contributed by atoms with Gasteiger partial charge in [-0.05, 0) is 35.4 Å². The van der Waals surface area contributed by atoms with Crippen molar-refractivity contribution >= 4 is 15.1 Å². The van der Waals surface area contributed by atoms with Gasteiger partial charge in [-0.2, -0.15) is 0 Å². The Morgan fingerprint density at radius 2 is 0.750 bits per heavy atom. The number of hydrogen-bond donors (Lipinski definition) is 0. The second kappa shape index (κ2) is 10.9. The molecular formula is C10H8B2F6N2. The van der Waals surface area contributed by atoms with Gasteiger partial charge in [0.1, 0.15) is 0 Å². The van der Waals surface area contributed by atoms with Crippen molar-refractivity contribution in [3.63, 3.8) is 0 Å². The molecule has 0 fully saturated rings. The molecule has 2 aromatic heterocycles. The van der Waals surface area contributed by atoms with Gasteiger partial charge in [-0.15, -0.1) is 0 Å². The SMILES string of the molecule is FB(F)F.FB(F)F.c1cc(-c2ccncc2)ccn1. The first kappa shape index (κ1) is 18.0. The van der Waals surface area contributed by atoms with Gasteiger partial charge >= 0.3 is 15.1 Å². The summed E-state index contributed by atoms with van der Waals surface area (Å²) in [5.41, 5.74) is 2.35. The Morgan fingerprint density at radius 3 is 0.950 bits per heavy atom. The van der Waals surface area contributed by atoms with E-state index in [0.29, 0.717) is 0 Å². The predicted octanol–water partition coefficient (Wildman–Crippen LogP) is 3.90. The van der Waals surface area contributed by atoms with Crippen LogP contribution >= 0.6 is 0 Å². The zero-order valence-corrected chi connectivity index (χ0v) is 9.94. The van der Waals surface area contributed by atoms with Crippen molar-refractivity contribution in [2.45, 2.75) is 0 Å². The van der Waals surface area contributed by atoms with E-state index in [4.69, 9.17) is 0 Å². The molecule has 0 amide bonds. The van der Waals surface area contributed by atoms with Crippen LogP contribution in [0.5, 0.6) is 0 Å². The molecule has 0 aliphatic carbocycles. The molecule has 0 unspecified atom stereocenters. The van der Waals surface area contributed by atoms with E-state index in [9.17, 15) is 25.9 Å². The standard InChI is InChI=1S/C10H8N2.2BF3/c1-5-11-6-2-9(1)10-3-7-12-8-4-10;2*2-1(3)4/h1-8H;;. The van der Waals surface area contributed by atoms with E-state index in [1.165, 1.54) is 11.1 Å². The fourth-order valence-corrected chi connectivity index (χ4v) is 1.09. The van der Waals surface area contributed by atoms with Gasteiger partial charge in [-0.1, -0.05) is 0 Å². The Balaban J connectivity index is 0.000000380. The van der Waals surface area contributed by atoms with Crippen LogP contribution in [0.3, 0.4) is 0 Å². The summed E-state index contributed by atoms with van der Waals surface area (Å²) in [4.78, 5) is 7.91. The van der Waals surface area contributed by atoms with Crippen LogP contribution in [0.25, 0.3) is 11.1 Å². The van der Waals surface area contributed by atoms with Gasteiger partial charge in [0.25, 0.3) is 0 Å². The van der Waals surface area contributed by atoms with E-state index in [2.05, 4.69) is 9.97 Å². The molecule has 20 heavy (non-hydrogen) atoms. The molecule has 0 aliphatic rings. The van der Waals surface area contributed by atoms with Crippen LogP contribution in [0.15, 0.2) is 49.1 Å². The second-order valence-electron chi connectivity index (χ2n) is 2.97. The van der Waals surface area contributed by atoms with Crippen LogP contribution in [0.4, 0.5) is 25.9 Å². The summed E-state index contributed by atoms with van der Waals surface area (Å²) >= 11 is 0. The molecule has 0 saturated carbocycles. The lowest BCUT2D eigenvalue weighted by Gasteiger charge is -1.97. The number of nitrogens with zero attached hydrogens (tertiary/aromatic N) is 2. The zero-order chi connectivity index (χ0) is 15.4. The molecule has 0 aliphatic heterocycles. The molecule has 0 radical (unpaired) electrons. The summed E-state index contributed by atoms with van der Waals surface area (Å²) in [6.07, 6.45) is 7.15. The maximum Gasteiger partial charge on any atom is 0.762 e. The quantitative estimate of drug-likeness (QED) is 0.588. The van der Waals surface area contributed by atoms with Crippen molar-refractivity contribution < 1.29 is 25.9 Å². The predicted molar refractivity (Wildman–Crippen MR) is 65.6 cm³/mol. The third-order valence-electron chi connectivity index (χ3n) is 1.69. The maximum absolute atomic E-state index is 9.67. The number of rotatable bonds is 1. The first-order valence-corrected chi connectivity index (χ1v) is 5.08. The van der Waals surface area contributed by atoms with Gasteiger partial charge in [0, 0.05) is 24.8 Å². The van der Waals surface area contributed by atoms with Gasteiger partial charge in [0.15, 0.2) is 0 Å². The summed E-state index contributed by atoms with van der Waals surface area (Å²) in [6, 6.07) is 7.93. The van der Waals surface area contributed by atoms with Crippen molar-refractivity contribution in [1.29, 1.82) is 0 Å². The van der Waals surface area contributed by atoms with E-state index in [1.54, 1.807) is 24.8 Å². The lowest BCUT2D eigenvalue weighted by molar-refractivity contribution is 0.533. The molecule has 0 bridgehead atoms. The third kappa shape index (κ3) is 11.1. The summed E-state index contributed by atoms with van der Waals surface area (Å²) in [5, 5.41) is 0. The fraction of sp³-hybridized carbons (Fsp3) is 0. The molecule has 0 aromatic carbocycles. The van der Waals surface area contributed by atoms with Gasteiger partial charge in [-0.3, -0.25) is 35.9 Å². The Labute approximate surface area is 112 Å². The molecule has 2 heterocycles. The van der Waals surface area contributed by atoms with Crippen LogP contribution in [-0.2, 0) is 0 Å². The normalized spacial score (nSPS) is 8.50. The number of halogens is 6. The molecule has 2 aromatic rings. The Bertz CT molecular complexity index is 397. The lowest BCUT2D eigenvalue weighted by atomic mass is 10.1. The number of hydrogen-bond acceptors (Lipinski definition) is 2. The summed E-state index contributed by atoms with van der Waals surface area (Å²) < 4.78 is 58.0. The minimum absolute atomic E-state index is 1.17. The maximum atomic E-state index is 9.67. The van der Waals surface area contributed by atoms with Crippen LogP contribution in [0, 0.1) is 0 Å². The highest BCUT2D eigenvalue weighted by atomic mass is 19.4. The van der Waals surface area contributed by atoms with E-state index in [1.807, 2.05) is 24.3 Å². The van der Waals surface area contributed by atoms with Crippen LogP contribution < -0.4 is 0 Å². The molecule has 0 spiro atoms. The largest absolute Gasteiger partial charge is 0.762 e. The highest BCUT2D eigenvalue weighted by Gasteiger charge is 2.06. The van der Waals surface area contributed by atoms with Crippen LogP contribution in [0.1, 0.15) is 0 Å². The van der Waals surface area contributed by atoms with Crippen molar-refractivity contribution in [2.75, 3.05) is 0 Å². The first-order valence-electron chi connectivity index (χ1n) is 5.08. The molecule has 10 heteroatoms. The topological polar surface area (TPSA) is 25.8 Å². The van der Waals surface area contributed by atoms with Crippen molar-refractivity contribution in [3.05, 3.63) is 49.1 Å². The zero-order valence-electron chi connectivity index (χ0n) is 9.94. The first-order chi connectivity index (χ1) is 9.43. The van der Waals surface area contributed by atoms with Gasteiger partial charge in [0.2, 0.25) is 0 Å². The average molecular weight is 292 g/mol. The molecule has 106 valence electrons. The summed E-state index contributed by atoms with van der Waals surface area (Å²) in [7, 11) is -7.33. The summed E-state index contributed by atoms with van der Waals surface area (Å²) in [6.45, 7) is 0. The van der Waals surface area contributed by atoms with Crippen LogP contribution in [-0.4, -0.2) is 25.1 Å². The summed E-state index contributed by atoms with van der Waals surface area (Å²) in [5.74, 6) is 0. The van der Waals surface area contributed by atoms with Crippen LogP contribution in [0.2, 0.25) is 0 Å². The fourth-order valence-electron chi connectivity index (χ4n) is 1.09. The molecule has 2 nitrogen and oxygen atoms in total. The van der Waals surface area contributed by atoms with E-state index >= 15 is 0 Å². The Morgan fingerprint density at radius 1 is 0.550 bits per heavy atom. The van der Waals surface area contributed by atoms with Crippen molar-refractivity contribution in [3.8, 4) is 11.1 Å². The van der Waals surface area contributed by atoms with E-state index < -0.39 is 15.1 Å². The second-order valence-corrected chi connectivity index (χ2v) is 2.97. The molecule has 0 N–H and O–H groups in total. The smallest absolute Gasteiger partial charge is 0.265 e. The Hall–Kier alpha value is -1.99. The third-order valence-corrected chi connectivity index (χ3v) is 1.69. The highest BCUT2D eigenvalue weighted by molar-refractivity contribution is 6.33. The van der Waals surface area contributed by atoms with Gasteiger partial charge in [-0.25, -0.2) is 0 Å².